The minimum atomic E-state index is -0.292. The molecule has 0 unspecified atom stereocenters. The van der Waals surface area contributed by atoms with Gasteiger partial charge >= 0.3 is 0 Å². The molecule has 1 amide bonds. The molecule has 6 heteroatoms. The van der Waals surface area contributed by atoms with Crippen molar-refractivity contribution in [1.29, 1.82) is 0 Å². The molecule has 0 aliphatic heterocycles. The zero-order valence-corrected chi connectivity index (χ0v) is 14.8. The summed E-state index contributed by atoms with van der Waals surface area (Å²) in [6.07, 6.45) is 3.06. The van der Waals surface area contributed by atoms with E-state index in [1.54, 1.807) is 31.4 Å². The number of amides is 1. The molecule has 0 fully saturated rings. The molecule has 3 rings (SSSR count). The first-order valence-electron chi connectivity index (χ1n) is 7.95. The number of aromatic amines is 1. The van der Waals surface area contributed by atoms with Gasteiger partial charge in [0.15, 0.2) is 0 Å². The summed E-state index contributed by atoms with van der Waals surface area (Å²) in [5, 5.41) is 4.22. The summed E-state index contributed by atoms with van der Waals surface area (Å²) in [6.45, 7) is 0.340. The lowest BCUT2D eigenvalue weighted by atomic mass is 10.1. The van der Waals surface area contributed by atoms with Gasteiger partial charge in [-0.05, 0) is 35.4 Å². The zero-order chi connectivity index (χ0) is 18.5. The summed E-state index contributed by atoms with van der Waals surface area (Å²) >= 11 is 6.06. The number of nitrogens with one attached hydrogen (secondary N) is 2. The number of aromatic nitrogens is 1. The highest BCUT2D eigenvalue weighted by molar-refractivity contribution is 6.32. The van der Waals surface area contributed by atoms with Crippen molar-refractivity contribution < 1.29 is 9.53 Å². The highest BCUT2D eigenvalue weighted by atomic mass is 35.5. The van der Waals surface area contributed by atoms with E-state index < -0.39 is 0 Å². The first-order chi connectivity index (χ1) is 12.6. The summed E-state index contributed by atoms with van der Waals surface area (Å²) in [5.74, 6) is -0.292. The van der Waals surface area contributed by atoms with Gasteiger partial charge in [-0.2, -0.15) is 0 Å². The van der Waals surface area contributed by atoms with Gasteiger partial charge in [0, 0.05) is 35.3 Å². The number of methoxy groups -OCH3 is 1. The highest BCUT2D eigenvalue weighted by Crippen LogP contribution is 2.21. The van der Waals surface area contributed by atoms with Gasteiger partial charge in [0.1, 0.15) is 0 Å². The lowest BCUT2D eigenvalue weighted by molar-refractivity contribution is -0.111. The van der Waals surface area contributed by atoms with Crippen LogP contribution in [-0.4, -0.2) is 18.0 Å². The number of benzene rings is 2. The van der Waals surface area contributed by atoms with Crippen LogP contribution in [-0.2, 0) is 16.1 Å². The van der Waals surface area contributed by atoms with E-state index in [9.17, 15) is 9.59 Å². The molecule has 0 atom stereocenters. The number of fused-ring (bicyclic) bond motifs is 1. The standard InChI is InChI=1S/C20H17ClN2O3/c1-26-12-14-10-20(25)23-18-11-15(7-8-16(14)18)22-19(24)9-6-13-4-2-3-5-17(13)21/h2-11H,12H2,1H3,(H,22,24)(H,23,25)/b9-6+. The van der Waals surface area contributed by atoms with Gasteiger partial charge < -0.3 is 15.0 Å². The van der Waals surface area contributed by atoms with Crippen molar-refractivity contribution in [3.63, 3.8) is 0 Å². The predicted octanol–water partition coefficient (Wildman–Crippen LogP) is 3.98. The smallest absolute Gasteiger partial charge is 0.248 e. The van der Waals surface area contributed by atoms with E-state index in [1.165, 1.54) is 12.1 Å². The minimum Gasteiger partial charge on any atom is -0.380 e. The third kappa shape index (κ3) is 4.20. The summed E-state index contributed by atoms with van der Waals surface area (Å²) in [4.78, 5) is 26.7. The average Bonchev–Trinajstić information content (AvgIpc) is 2.61. The maximum Gasteiger partial charge on any atom is 0.248 e. The first-order valence-corrected chi connectivity index (χ1v) is 8.33. The van der Waals surface area contributed by atoms with E-state index in [-0.39, 0.29) is 11.5 Å². The van der Waals surface area contributed by atoms with Crippen LogP contribution in [0.15, 0.2) is 59.4 Å². The summed E-state index contributed by atoms with van der Waals surface area (Å²) in [7, 11) is 1.58. The molecule has 1 heterocycles. The van der Waals surface area contributed by atoms with Gasteiger partial charge in [0.05, 0.1) is 12.1 Å². The molecule has 1 aromatic heterocycles. The number of halogens is 1. The van der Waals surface area contributed by atoms with Gasteiger partial charge in [-0.3, -0.25) is 9.59 Å². The van der Waals surface area contributed by atoms with Crippen molar-refractivity contribution in [3.8, 4) is 0 Å². The maximum atomic E-state index is 12.1. The third-order valence-electron chi connectivity index (χ3n) is 3.82. The van der Waals surface area contributed by atoms with Crippen LogP contribution in [0.4, 0.5) is 5.69 Å². The summed E-state index contributed by atoms with van der Waals surface area (Å²) in [6, 6.07) is 14.1. The van der Waals surface area contributed by atoms with Crippen molar-refractivity contribution in [2.75, 3.05) is 12.4 Å². The number of rotatable bonds is 5. The van der Waals surface area contributed by atoms with Gasteiger partial charge in [0.2, 0.25) is 11.5 Å². The largest absolute Gasteiger partial charge is 0.380 e. The maximum absolute atomic E-state index is 12.1. The number of hydrogen-bond donors (Lipinski definition) is 2. The van der Waals surface area contributed by atoms with Crippen molar-refractivity contribution >= 4 is 40.2 Å². The Labute approximate surface area is 155 Å². The average molecular weight is 369 g/mol. The zero-order valence-electron chi connectivity index (χ0n) is 14.1. The molecule has 0 bridgehead atoms. The van der Waals surface area contributed by atoms with Crippen LogP contribution in [0.2, 0.25) is 5.02 Å². The minimum absolute atomic E-state index is 0.216. The Morgan fingerprint density at radius 2 is 2.04 bits per heavy atom. The van der Waals surface area contributed by atoms with Gasteiger partial charge in [-0.1, -0.05) is 35.9 Å². The second-order valence-corrected chi connectivity index (χ2v) is 6.10. The fourth-order valence-corrected chi connectivity index (χ4v) is 2.84. The fraction of sp³-hybridized carbons (Fsp3) is 0.100. The molecular formula is C20H17ClN2O3. The Hall–Kier alpha value is -2.89. The molecule has 0 spiro atoms. The van der Waals surface area contributed by atoms with Crippen molar-refractivity contribution in [2.24, 2.45) is 0 Å². The predicted molar refractivity (Wildman–Crippen MR) is 104 cm³/mol. The van der Waals surface area contributed by atoms with E-state index in [4.69, 9.17) is 16.3 Å². The van der Waals surface area contributed by atoms with Crippen LogP contribution in [0.25, 0.3) is 17.0 Å². The molecule has 0 aliphatic carbocycles. The Morgan fingerprint density at radius 1 is 1.23 bits per heavy atom. The second kappa shape index (κ2) is 7.99. The number of pyridine rings is 1. The molecule has 3 aromatic rings. The number of hydrogen-bond acceptors (Lipinski definition) is 3. The molecule has 2 aromatic carbocycles. The van der Waals surface area contributed by atoms with E-state index >= 15 is 0 Å². The monoisotopic (exact) mass is 368 g/mol. The van der Waals surface area contributed by atoms with E-state index in [2.05, 4.69) is 10.3 Å². The quantitative estimate of drug-likeness (QED) is 0.669. The Morgan fingerprint density at radius 3 is 2.81 bits per heavy atom. The Bertz CT molecular complexity index is 1040. The number of H-pyrrole nitrogens is 1. The molecule has 2 N–H and O–H groups in total. The van der Waals surface area contributed by atoms with Crippen LogP contribution in [0.5, 0.6) is 0 Å². The van der Waals surface area contributed by atoms with E-state index in [0.29, 0.717) is 22.8 Å². The van der Waals surface area contributed by atoms with Crippen LogP contribution < -0.4 is 10.9 Å². The normalized spacial score (nSPS) is 11.2. The SMILES string of the molecule is COCc1cc(=O)[nH]c2cc(NC(=O)/C=C/c3ccccc3Cl)ccc12. The lowest BCUT2D eigenvalue weighted by Crippen LogP contribution is -2.10. The molecule has 0 saturated carbocycles. The van der Waals surface area contributed by atoms with Crippen LogP contribution in [0.1, 0.15) is 11.1 Å². The van der Waals surface area contributed by atoms with E-state index in [0.717, 1.165) is 16.5 Å². The lowest BCUT2D eigenvalue weighted by Gasteiger charge is -2.08. The number of anilines is 1. The Kier molecular flexibility index (Phi) is 5.51. The third-order valence-corrected chi connectivity index (χ3v) is 4.16. The van der Waals surface area contributed by atoms with Crippen molar-refractivity contribution in [2.45, 2.75) is 6.61 Å². The number of carbonyl (C=O) groups is 1. The molecule has 0 aliphatic rings. The van der Waals surface area contributed by atoms with Crippen molar-refractivity contribution in [1.82, 2.24) is 4.98 Å². The van der Waals surface area contributed by atoms with Gasteiger partial charge in [-0.15, -0.1) is 0 Å². The van der Waals surface area contributed by atoms with Crippen molar-refractivity contribution in [3.05, 3.63) is 81.1 Å². The fourth-order valence-electron chi connectivity index (χ4n) is 2.64. The molecule has 132 valence electrons. The molecule has 0 saturated heterocycles. The Balaban J connectivity index is 1.81. The first kappa shape index (κ1) is 17.9. The topological polar surface area (TPSA) is 71.2 Å². The van der Waals surface area contributed by atoms with Crippen LogP contribution in [0, 0.1) is 0 Å². The van der Waals surface area contributed by atoms with Gasteiger partial charge in [0.25, 0.3) is 0 Å². The van der Waals surface area contributed by atoms with E-state index in [1.807, 2.05) is 24.3 Å². The molecule has 0 radical (unpaired) electrons. The molecule has 5 nitrogen and oxygen atoms in total. The number of carbonyl (C=O) groups excluding carboxylic acids is 1. The summed E-state index contributed by atoms with van der Waals surface area (Å²) < 4.78 is 5.13. The molecular weight excluding hydrogens is 352 g/mol. The van der Waals surface area contributed by atoms with Crippen LogP contribution in [0.3, 0.4) is 0 Å². The number of ether oxygens (including phenoxy) is 1. The highest BCUT2D eigenvalue weighted by Gasteiger charge is 2.06. The second-order valence-electron chi connectivity index (χ2n) is 5.70. The molecule has 26 heavy (non-hydrogen) atoms. The summed E-state index contributed by atoms with van der Waals surface area (Å²) in [5.41, 5.74) is 2.56. The van der Waals surface area contributed by atoms with Gasteiger partial charge in [-0.25, -0.2) is 0 Å². The van der Waals surface area contributed by atoms with Crippen LogP contribution >= 0.6 is 11.6 Å².